The van der Waals surface area contributed by atoms with Gasteiger partial charge in [0.05, 0.1) is 0 Å². The molecule has 0 fully saturated rings. The Morgan fingerprint density at radius 3 is 0.714 bits per heavy atom. The van der Waals surface area contributed by atoms with E-state index in [1.54, 1.807) is 0 Å². The molecule has 0 aromatic rings. The molecular formula is HClF5Sb. The number of rotatable bonds is 0. The average molecular weight is 253 g/mol. The van der Waals surface area contributed by atoms with Gasteiger partial charge in [-0.25, -0.2) is 0 Å². The van der Waals surface area contributed by atoms with E-state index in [9.17, 15) is 14.1 Å². The van der Waals surface area contributed by atoms with Crippen LogP contribution in [0.25, 0.3) is 0 Å². The molecule has 0 rings (SSSR count). The zero-order chi connectivity index (χ0) is 5.45. The summed E-state index contributed by atoms with van der Waals surface area (Å²) in [7, 11) is 0. The zero-order valence-corrected chi connectivity index (χ0v) is 6.11. The first kappa shape index (κ1) is 10.7. The van der Waals surface area contributed by atoms with E-state index < -0.39 is 20.3 Å². The molecule has 0 aromatic heterocycles. The summed E-state index contributed by atoms with van der Waals surface area (Å²) < 4.78 is 49.6. The van der Waals surface area contributed by atoms with E-state index >= 15 is 0 Å². The van der Waals surface area contributed by atoms with Crippen LogP contribution < -0.4 is 0 Å². The van der Waals surface area contributed by atoms with Gasteiger partial charge in [-0.15, -0.1) is 12.4 Å². The summed E-state index contributed by atoms with van der Waals surface area (Å²) >= 11 is -9.19. The SMILES string of the molecule is Cl.[F][Sb]([F])([F])([F])[F]. The molecule has 0 unspecified atom stereocenters. The molecule has 48 valence electrons. The molecule has 0 aliphatic rings. The van der Waals surface area contributed by atoms with Crippen LogP contribution in [0.4, 0.5) is 14.1 Å². The third-order valence-electron chi connectivity index (χ3n) is 0. The Kier molecular flexibility index (Phi) is 2.96. The fourth-order valence-corrected chi connectivity index (χ4v) is 0. The molecule has 0 saturated carbocycles. The second kappa shape index (κ2) is 1.94. The third kappa shape index (κ3) is 266. The second-order valence-electron chi connectivity index (χ2n) is 0.639. The van der Waals surface area contributed by atoms with E-state index in [2.05, 4.69) is 0 Å². The van der Waals surface area contributed by atoms with E-state index in [0.29, 0.717) is 0 Å². The standard InChI is InChI=1S/ClH.5FH.Sb/h6*1H;/q;;;;;;+5/p-5. The maximum absolute atomic E-state index is 9.91. The van der Waals surface area contributed by atoms with Crippen LogP contribution >= 0.6 is 12.4 Å². The van der Waals surface area contributed by atoms with Crippen LogP contribution in [0.15, 0.2) is 0 Å². The Hall–Kier alpha value is 0.758. The van der Waals surface area contributed by atoms with E-state index in [4.69, 9.17) is 0 Å². The van der Waals surface area contributed by atoms with Gasteiger partial charge in [-0.3, -0.25) is 0 Å². The fourth-order valence-electron chi connectivity index (χ4n) is 0. The maximum atomic E-state index is 9.91. The Morgan fingerprint density at radius 1 is 0.714 bits per heavy atom. The van der Waals surface area contributed by atoms with Gasteiger partial charge in [0.25, 0.3) is 0 Å². The van der Waals surface area contributed by atoms with Crippen LogP contribution in [0.1, 0.15) is 0 Å². The van der Waals surface area contributed by atoms with E-state index in [0.717, 1.165) is 0 Å². The van der Waals surface area contributed by atoms with Gasteiger partial charge in [-0.2, -0.15) is 0 Å². The minimum absolute atomic E-state index is 0. The number of hydrogen-bond donors (Lipinski definition) is 0. The molecule has 0 saturated heterocycles. The van der Waals surface area contributed by atoms with Gasteiger partial charge < -0.3 is 0 Å². The number of halogens is 6. The summed E-state index contributed by atoms with van der Waals surface area (Å²) in [5, 5.41) is 0. The topological polar surface area (TPSA) is 0 Å². The van der Waals surface area contributed by atoms with Crippen molar-refractivity contribution >= 4 is 32.7 Å². The Bertz CT molecular complexity index is 41.3. The van der Waals surface area contributed by atoms with Crippen LogP contribution in [0, 0.1) is 0 Å². The van der Waals surface area contributed by atoms with Gasteiger partial charge >= 0.3 is 34.4 Å². The average Bonchev–Trinajstić information content (AvgIpc) is 0.650. The molecule has 0 N–H and O–H groups in total. The summed E-state index contributed by atoms with van der Waals surface area (Å²) in [6.45, 7) is 0. The molecule has 0 spiro atoms. The van der Waals surface area contributed by atoms with E-state index in [1.807, 2.05) is 0 Å². The molecule has 0 radical (unpaired) electrons. The Balaban J connectivity index is 0. The minimum atomic E-state index is -9.19. The van der Waals surface area contributed by atoms with Crippen LogP contribution in [-0.2, 0) is 0 Å². The van der Waals surface area contributed by atoms with Gasteiger partial charge in [-0.05, 0) is 0 Å². The first-order chi connectivity index (χ1) is 2.24. The van der Waals surface area contributed by atoms with Crippen molar-refractivity contribution < 1.29 is 14.1 Å². The fraction of sp³-hybridized carbons (Fsp3) is 0. The van der Waals surface area contributed by atoms with Gasteiger partial charge in [0.1, 0.15) is 0 Å². The van der Waals surface area contributed by atoms with Gasteiger partial charge in [-0.1, -0.05) is 0 Å². The molecule has 7 heavy (non-hydrogen) atoms. The van der Waals surface area contributed by atoms with Crippen molar-refractivity contribution in [3.63, 3.8) is 0 Å². The summed E-state index contributed by atoms with van der Waals surface area (Å²) in [6, 6.07) is 0. The van der Waals surface area contributed by atoms with Gasteiger partial charge in [0.15, 0.2) is 0 Å². The summed E-state index contributed by atoms with van der Waals surface area (Å²) in [5.74, 6) is 0. The van der Waals surface area contributed by atoms with E-state index in [-0.39, 0.29) is 12.4 Å². The predicted molar refractivity (Wildman–Crippen MR) is 18.5 cm³/mol. The van der Waals surface area contributed by atoms with Gasteiger partial charge in [0.2, 0.25) is 0 Å². The summed E-state index contributed by atoms with van der Waals surface area (Å²) in [5.41, 5.74) is 0. The molecule has 0 aliphatic heterocycles. The molecule has 0 aliphatic carbocycles. The third-order valence-corrected chi connectivity index (χ3v) is 0. The van der Waals surface area contributed by atoms with Crippen molar-refractivity contribution in [3.8, 4) is 0 Å². The molecule has 7 heteroatoms. The van der Waals surface area contributed by atoms with Crippen molar-refractivity contribution in [2.45, 2.75) is 0 Å². The summed E-state index contributed by atoms with van der Waals surface area (Å²) in [6.07, 6.45) is 0. The Labute approximate surface area is 47.2 Å². The normalized spacial score (nSPS) is 16.4. The van der Waals surface area contributed by atoms with Gasteiger partial charge in [0, 0.05) is 0 Å². The monoisotopic (exact) mass is 252 g/mol. The Morgan fingerprint density at radius 2 is 0.714 bits per heavy atom. The van der Waals surface area contributed by atoms with E-state index in [1.165, 1.54) is 0 Å². The van der Waals surface area contributed by atoms with Crippen LogP contribution in [0.2, 0.25) is 0 Å². The van der Waals surface area contributed by atoms with Crippen molar-refractivity contribution in [2.24, 2.45) is 0 Å². The van der Waals surface area contributed by atoms with Crippen molar-refractivity contribution in [2.75, 3.05) is 0 Å². The molecule has 0 aromatic carbocycles. The molecule has 0 bridgehead atoms. The molecule has 0 amide bonds. The number of hydrogen-bond acceptors (Lipinski definition) is 0. The second-order valence-corrected chi connectivity index (χ2v) is 4.29. The van der Waals surface area contributed by atoms with Crippen LogP contribution in [0.5, 0.6) is 0 Å². The van der Waals surface area contributed by atoms with Crippen LogP contribution in [-0.4, -0.2) is 20.3 Å². The molecule has 0 atom stereocenters. The summed E-state index contributed by atoms with van der Waals surface area (Å²) in [4.78, 5) is 0. The predicted octanol–water partition coefficient (Wildman–Crippen LogP) is 2.14. The van der Waals surface area contributed by atoms with Crippen molar-refractivity contribution in [1.82, 2.24) is 0 Å². The zero-order valence-electron chi connectivity index (χ0n) is 2.75. The van der Waals surface area contributed by atoms with Crippen molar-refractivity contribution in [1.29, 1.82) is 0 Å². The molecule has 0 heterocycles. The quantitative estimate of drug-likeness (QED) is 0.458. The molecule has 0 nitrogen and oxygen atoms in total. The van der Waals surface area contributed by atoms with Crippen molar-refractivity contribution in [3.05, 3.63) is 0 Å². The van der Waals surface area contributed by atoms with Crippen LogP contribution in [0.3, 0.4) is 0 Å². The molecular weight excluding hydrogens is 252 g/mol. The first-order valence-corrected chi connectivity index (χ1v) is 5.67. The first-order valence-electron chi connectivity index (χ1n) is 0.845.